The van der Waals surface area contributed by atoms with Gasteiger partial charge < -0.3 is 10.1 Å². The topological polar surface area (TPSA) is 41.6 Å². The van der Waals surface area contributed by atoms with Gasteiger partial charge in [0.15, 0.2) is 6.10 Å². The van der Waals surface area contributed by atoms with Gasteiger partial charge in [0.1, 0.15) is 6.10 Å². The summed E-state index contributed by atoms with van der Waals surface area (Å²) in [5.41, 5.74) is 1.07. The summed E-state index contributed by atoms with van der Waals surface area (Å²) < 4.78 is 5.37. The summed E-state index contributed by atoms with van der Waals surface area (Å²) >= 11 is 3.32. The summed E-state index contributed by atoms with van der Waals surface area (Å²) in [7, 11) is 0. The minimum atomic E-state index is -0.294. The van der Waals surface area contributed by atoms with Crippen LogP contribution in [0.2, 0.25) is 0 Å². The van der Waals surface area contributed by atoms with E-state index in [1.807, 2.05) is 30.3 Å². The van der Waals surface area contributed by atoms with Crippen LogP contribution in [0, 0.1) is 0 Å². The molecule has 0 aliphatic carbocycles. The fourth-order valence-electron chi connectivity index (χ4n) is 1.59. The maximum atomic E-state index is 11.6. The molecule has 1 fully saturated rings. The Bertz CT molecular complexity index is 355. The van der Waals surface area contributed by atoms with Crippen molar-refractivity contribution in [3.63, 3.8) is 0 Å². The molecule has 1 amide bonds. The number of amides is 1. The Kier molecular flexibility index (Phi) is 3.96. The highest BCUT2D eigenvalue weighted by molar-refractivity contribution is 9.09. The largest absolute Gasteiger partial charge is 0.354 e. The standard InChI is InChI=1S/C12H14BrNO2/c13-7-4-8-14-12(15)11-10(16-11)9-5-2-1-3-6-9/h1-3,5-6,10-11H,4,7-8H2,(H,14,15)/t10-,11+/m0/s1. The number of epoxide rings is 1. The fourth-order valence-corrected chi connectivity index (χ4v) is 1.87. The van der Waals surface area contributed by atoms with E-state index in [9.17, 15) is 4.79 Å². The molecular formula is C12H14BrNO2. The van der Waals surface area contributed by atoms with Crippen LogP contribution in [-0.4, -0.2) is 23.9 Å². The van der Waals surface area contributed by atoms with Crippen molar-refractivity contribution in [3.05, 3.63) is 35.9 Å². The van der Waals surface area contributed by atoms with Gasteiger partial charge in [-0.25, -0.2) is 0 Å². The molecule has 1 heterocycles. The molecule has 1 N–H and O–H groups in total. The first kappa shape index (κ1) is 11.6. The van der Waals surface area contributed by atoms with Crippen molar-refractivity contribution in [1.82, 2.24) is 5.32 Å². The number of rotatable bonds is 5. The van der Waals surface area contributed by atoms with Crippen molar-refractivity contribution < 1.29 is 9.53 Å². The zero-order valence-corrected chi connectivity index (χ0v) is 10.4. The highest BCUT2D eigenvalue weighted by Crippen LogP contribution is 2.38. The number of carbonyl (C=O) groups excluding carboxylic acids is 1. The SMILES string of the molecule is O=C(NCCCBr)[C@@H]1O[C@H]1c1ccccc1. The average Bonchev–Trinajstić information content (AvgIpc) is 3.10. The average molecular weight is 284 g/mol. The molecule has 1 aromatic carbocycles. The maximum Gasteiger partial charge on any atom is 0.252 e. The van der Waals surface area contributed by atoms with Crippen LogP contribution in [0.5, 0.6) is 0 Å². The Morgan fingerprint density at radius 3 is 2.81 bits per heavy atom. The molecule has 2 atom stereocenters. The Balaban J connectivity index is 1.80. The van der Waals surface area contributed by atoms with Gasteiger partial charge in [0.2, 0.25) is 0 Å². The molecular weight excluding hydrogens is 270 g/mol. The summed E-state index contributed by atoms with van der Waals surface area (Å²) in [5, 5.41) is 3.76. The quantitative estimate of drug-likeness (QED) is 0.510. The second kappa shape index (κ2) is 5.46. The molecule has 0 bridgehead atoms. The van der Waals surface area contributed by atoms with Crippen molar-refractivity contribution in [2.45, 2.75) is 18.6 Å². The highest BCUT2D eigenvalue weighted by Gasteiger charge is 2.45. The van der Waals surface area contributed by atoms with Gasteiger partial charge in [0.25, 0.3) is 5.91 Å². The number of alkyl halides is 1. The van der Waals surface area contributed by atoms with Crippen LogP contribution >= 0.6 is 15.9 Å². The Morgan fingerprint density at radius 1 is 1.38 bits per heavy atom. The first-order chi connectivity index (χ1) is 7.83. The van der Waals surface area contributed by atoms with Crippen molar-refractivity contribution in [1.29, 1.82) is 0 Å². The van der Waals surface area contributed by atoms with E-state index in [1.54, 1.807) is 0 Å². The van der Waals surface area contributed by atoms with Gasteiger partial charge in [-0.2, -0.15) is 0 Å². The van der Waals surface area contributed by atoms with Gasteiger partial charge in [-0.3, -0.25) is 4.79 Å². The van der Waals surface area contributed by atoms with E-state index >= 15 is 0 Å². The van der Waals surface area contributed by atoms with Crippen LogP contribution in [0.3, 0.4) is 0 Å². The van der Waals surface area contributed by atoms with E-state index in [1.165, 1.54) is 0 Å². The number of ether oxygens (including phenoxy) is 1. The molecule has 0 radical (unpaired) electrons. The van der Waals surface area contributed by atoms with Crippen LogP contribution in [0.15, 0.2) is 30.3 Å². The zero-order valence-electron chi connectivity index (χ0n) is 8.86. The number of hydrogen-bond donors (Lipinski definition) is 1. The van der Waals surface area contributed by atoms with E-state index < -0.39 is 0 Å². The minimum absolute atomic E-state index is 0.00481. The maximum absolute atomic E-state index is 11.6. The lowest BCUT2D eigenvalue weighted by atomic mass is 10.1. The fraction of sp³-hybridized carbons (Fsp3) is 0.417. The van der Waals surface area contributed by atoms with Crippen LogP contribution in [0.1, 0.15) is 18.1 Å². The molecule has 4 heteroatoms. The highest BCUT2D eigenvalue weighted by atomic mass is 79.9. The third-order valence-electron chi connectivity index (χ3n) is 2.49. The van der Waals surface area contributed by atoms with E-state index in [0.717, 1.165) is 17.3 Å². The van der Waals surface area contributed by atoms with Crippen LogP contribution in [0.4, 0.5) is 0 Å². The van der Waals surface area contributed by atoms with Crippen molar-refractivity contribution >= 4 is 21.8 Å². The smallest absolute Gasteiger partial charge is 0.252 e. The first-order valence-corrected chi connectivity index (χ1v) is 6.49. The molecule has 16 heavy (non-hydrogen) atoms. The molecule has 1 aliphatic rings. The van der Waals surface area contributed by atoms with Gasteiger partial charge in [-0.05, 0) is 12.0 Å². The molecule has 1 aromatic rings. The van der Waals surface area contributed by atoms with Gasteiger partial charge in [-0.15, -0.1) is 0 Å². The summed E-state index contributed by atoms with van der Waals surface area (Å²) in [4.78, 5) is 11.6. The van der Waals surface area contributed by atoms with Crippen LogP contribution in [0.25, 0.3) is 0 Å². The number of carbonyl (C=O) groups is 1. The number of halogens is 1. The monoisotopic (exact) mass is 283 g/mol. The van der Waals surface area contributed by atoms with Gasteiger partial charge >= 0.3 is 0 Å². The Hall–Kier alpha value is -0.870. The Morgan fingerprint density at radius 2 is 2.12 bits per heavy atom. The lowest BCUT2D eigenvalue weighted by molar-refractivity contribution is -0.122. The molecule has 1 saturated heterocycles. The molecule has 86 valence electrons. The van der Waals surface area contributed by atoms with Crippen LogP contribution in [-0.2, 0) is 9.53 Å². The molecule has 0 aromatic heterocycles. The van der Waals surface area contributed by atoms with Gasteiger partial charge in [0.05, 0.1) is 0 Å². The van der Waals surface area contributed by atoms with E-state index in [2.05, 4.69) is 21.2 Å². The summed E-state index contributed by atoms with van der Waals surface area (Å²) in [6.45, 7) is 0.700. The molecule has 0 unspecified atom stereocenters. The first-order valence-electron chi connectivity index (χ1n) is 5.37. The van der Waals surface area contributed by atoms with Crippen molar-refractivity contribution in [2.24, 2.45) is 0 Å². The van der Waals surface area contributed by atoms with Gasteiger partial charge in [-0.1, -0.05) is 46.3 Å². The summed E-state index contributed by atoms with van der Waals surface area (Å²) in [6.07, 6.45) is 0.594. The summed E-state index contributed by atoms with van der Waals surface area (Å²) in [5.74, 6) is -0.00481. The zero-order chi connectivity index (χ0) is 11.4. The molecule has 3 nitrogen and oxygen atoms in total. The predicted octanol–water partition coefficient (Wildman–Crippen LogP) is 2.03. The van der Waals surface area contributed by atoms with Crippen molar-refractivity contribution in [3.8, 4) is 0 Å². The normalized spacial score (nSPS) is 22.8. The number of benzene rings is 1. The molecule has 0 spiro atoms. The third-order valence-corrected chi connectivity index (χ3v) is 3.05. The predicted molar refractivity (Wildman–Crippen MR) is 65.5 cm³/mol. The lowest BCUT2D eigenvalue weighted by Gasteiger charge is -2.00. The minimum Gasteiger partial charge on any atom is -0.354 e. The summed E-state index contributed by atoms with van der Waals surface area (Å²) in [6, 6.07) is 9.83. The molecule has 0 saturated carbocycles. The van der Waals surface area contributed by atoms with E-state index in [0.29, 0.717) is 6.54 Å². The lowest BCUT2D eigenvalue weighted by Crippen LogP contribution is -2.29. The third kappa shape index (κ3) is 2.83. The van der Waals surface area contributed by atoms with E-state index in [-0.39, 0.29) is 18.1 Å². The van der Waals surface area contributed by atoms with E-state index in [4.69, 9.17) is 4.74 Å². The number of nitrogens with one attached hydrogen (secondary N) is 1. The molecule has 2 rings (SSSR count). The van der Waals surface area contributed by atoms with Gasteiger partial charge in [0, 0.05) is 11.9 Å². The Labute approximate surface area is 103 Å². The van der Waals surface area contributed by atoms with Crippen LogP contribution < -0.4 is 5.32 Å². The number of hydrogen-bond acceptors (Lipinski definition) is 2. The second-order valence-corrected chi connectivity index (χ2v) is 4.51. The molecule has 1 aliphatic heterocycles. The van der Waals surface area contributed by atoms with Crippen molar-refractivity contribution in [2.75, 3.05) is 11.9 Å². The second-order valence-electron chi connectivity index (χ2n) is 3.72.